The Morgan fingerprint density at radius 2 is 1.88 bits per heavy atom. The van der Waals surface area contributed by atoms with E-state index in [4.69, 9.17) is 9.47 Å². The lowest BCUT2D eigenvalue weighted by molar-refractivity contribution is -0.126. The first-order valence-electron chi connectivity index (χ1n) is 11.0. The Balaban J connectivity index is 1.53. The zero-order valence-electron chi connectivity index (χ0n) is 18.5. The van der Waals surface area contributed by atoms with Crippen molar-refractivity contribution in [2.75, 3.05) is 50.3 Å². The van der Waals surface area contributed by atoms with E-state index in [1.807, 2.05) is 61.5 Å². The van der Waals surface area contributed by atoms with Gasteiger partial charge in [-0.05, 0) is 43.3 Å². The molecule has 0 bridgehead atoms. The number of likely N-dealkylation sites (tertiary alicyclic amines) is 1. The van der Waals surface area contributed by atoms with Crippen LogP contribution in [0.3, 0.4) is 0 Å². The van der Waals surface area contributed by atoms with Crippen LogP contribution in [0, 0.1) is 11.8 Å². The summed E-state index contributed by atoms with van der Waals surface area (Å²) in [6, 6.07) is 16.5. The van der Waals surface area contributed by atoms with Gasteiger partial charge in [-0.1, -0.05) is 18.2 Å². The molecular weight excluding hydrogens is 408 g/mol. The molecule has 3 atom stereocenters. The molecule has 32 heavy (non-hydrogen) atoms. The van der Waals surface area contributed by atoms with Crippen LogP contribution >= 0.6 is 0 Å². The van der Waals surface area contributed by atoms with Gasteiger partial charge in [-0.2, -0.15) is 0 Å². The lowest BCUT2D eigenvalue weighted by atomic mass is 9.84. The number of hydrogen-bond acceptors (Lipinski definition) is 6. The van der Waals surface area contributed by atoms with E-state index in [0.717, 1.165) is 11.4 Å². The zero-order valence-corrected chi connectivity index (χ0v) is 18.5. The highest BCUT2D eigenvalue weighted by Gasteiger charge is 2.50. The lowest BCUT2D eigenvalue weighted by Crippen LogP contribution is -2.56. The molecule has 2 aliphatic heterocycles. The third-order valence-corrected chi connectivity index (χ3v) is 5.99. The van der Waals surface area contributed by atoms with Crippen LogP contribution in [0.4, 0.5) is 11.4 Å². The molecule has 2 N–H and O–H groups in total. The van der Waals surface area contributed by atoms with E-state index < -0.39 is 5.92 Å². The molecule has 0 aliphatic carbocycles. The number of nitrogens with zero attached hydrogens (tertiary/aromatic N) is 2. The molecule has 2 heterocycles. The number of hydrazine groups is 1. The normalized spacial score (nSPS) is 23.1. The van der Waals surface area contributed by atoms with Crippen molar-refractivity contribution in [2.24, 2.45) is 11.8 Å². The molecule has 2 fully saturated rings. The Labute approximate surface area is 188 Å². The molecule has 2 amide bonds. The number of ether oxygens (including phenoxy) is 2. The minimum absolute atomic E-state index is 0.0119. The number of piperidine rings is 1. The average Bonchev–Trinajstić information content (AvgIpc) is 3.15. The van der Waals surface area contributed by atoms with Gasteiger partial charge in [0.2, 0.25) is 11.8 Å². The number of fused-ring (bicyclic) bond motifs is 1. The second-order valence-corrected chi connectivity index (χ2v) is 8.08. The highest BCUT2D eigenvalue weighted by molar-refractivity contribution is 6.00. The van der Waals surface area contributed by atoms with E-state index >= 15 is 0 Å². The number of benzene rings is 2. The van der Waals surface area contributed by atoms with Gasteiger partial charge in [-0.25, -0.2) is 10.4 Å². The van der Waals surface area contributed by atoms with Crippen LogP contribution in [-0.2, 0) is 14.3 Å². The van der Waals surface area contributed by atoms with E-state index in [9.17, 15) is 9.59 Å². The molecule has 0 saturated carbocycles. The van der Waals surface area contributed by atoms with Gasteiger partial charge in [-0.15, -0.1) is 0 Å². The molecule has 4 rings (SSSR count). The van der Waals surface area contributed by atoms with Crippen LogP contribution in [0.15, 0.2) is 54.6 Å². The van der Waals surface area contributed by atoms with Crippen molar-refractivity contribution in [1.29, 1.82) is 0 Å². The molecule has 3 unspecified atom stereocenters. The van der Waals surface area contributed by atoms with Crippen LogP contribution in [0.2, 0.25) is 0 Å². The average molecular weight is 439 g/mol. The Hall–Kier alpha value is -2.94. The number of nitrogens with one attached hydrogen (secondary N) is 2. The largest absolute Gasteiger partial charge is 0.494 e. The van der Waals surface area contributed by atoms with Crippen LogP contribution in [-0.4, -0.2) is 62.7 Å². The molecule has 0 aromatic heterocycles. The molecule has 2 saturated heterocycles. The van der Waals surface area contributed by atoms with Crippen molar-refractivity contribution in [3.63, 3.8) is 0 Å². The highest BCUT2D eigenvalue weighted by Crippen LogP contribution is 2.32. The Morgan fingerprint density at radius 3 is 2.56 bits per heavy atom. The maximum atomic E-state index is 13.3. The molecule has 0 spiro atoms. The first kappa shape index (κ1) is 22.3. The van der Waals surface area contributed by atoms with Crippen LogP contribution in [0.1, 0.15) is 6.92 Å². The fourth-order valence-electron chi connectivity index (χ4n) is 4.39. The van der Waals surface area contributed by atoms with Gasteiger partial charge < -0.3 is 14.8 Å². The molecule has 2 aliphatic rings. The summed E-state index contributed by atoms with van der Waals surface area (Å²) in [6.45, 7) is 4.89. The minimum Gasteiger partial charge on any atom is -0.494 e. The summed E-state index contributed by atoms with van der Waals surface area (Å²) in [5.74, 6) is -0.0640. The number of hydrogen-bond donors (Lipinski definition) is 2. The fourth-order valence-corrected chi connectivity index (χ4v) is 4.39. The van der Waals surface area contributed by atoms with Gasteiger partial charge in [0.15, 0.2) is 0 Å². The van der Waals surface area contributed by atoms with Gasteiger partial charge in [-0.3, -0.25) is 14.5 Å². The molecule has 8 heteroatoms. The monoisotopic (exact) mass is 438 g/mol. The van der Waals surface area contributed by atoms with Gasteiger partial charge in [0.05, 0.1) is 36.8 Å². The SMILES string of the molecule is CCOc1ccc(NC(=O)C2CN(CCOC)CC3C(=O)N(c4ccccc4)NC23)cc1. The molecule has 2 aromatic rings. The van der Waals surface area contributed by atoms with Crippen molar-refractivity contribution in [1.82, 2.24) is 10.3 Å². The summed E-state index contributed by atoms with van der Waals surface area (Å²) < 4.78 is 10.7. The zero-order chi connectivity index (χ0) is 22.5. The smallest absolute Gasteiger partial charge is 0.247 e. The van der Waals surface area contributed by atoms with E-state index in [1.165, 1.54) is 0 Å². The second kappa shape index (κ2) is 10.1. The summed E-state index contributed by atoms with van der Waals surface area (Å²) in [4.78, 5) is 28.7. The third-order valence-electron chi connectivity index (χ3n) is 5.99. The number of amides is 2. The van der Waals surface area contributed by atoms with Crippen molar-refractivity contribution in [3.05, 3.63) is 54.6 Å². The second-order valence-electron chi connectivity index (χ2n) is 8.08. The number of para-hydroxylation sites is 1. The van der Waals surface area contributed by atoms with E-state index in [-0.39, 0.29) is 23.8 Å². The van der Waals surface area contributed by atoms with E-state index in [2.05, 4.69) is 15.6 Å². The van der Waals surface area contributed by atoms with E-state index in [1.54, 1.807) is 12.1 Å². The third kappa shape index (κ3) is 4.77. The summed E-state index contributed by atoms with van der Waals surface area (Å²) in [7, 11) is 1.66. The van der Waals surface area contributed by atoms with Crippen LogP contribution in [0.25, 0.3) is 0 Å². The van der Waals surface area contributed by atoms with Crippen molar-refractivity contribution >= 4 is 23.2 Å². The Bertz CT molecular complexity index is 921. The van der Waals surface area contributed by atoms with Gasteiger partial charge in [0, 0.05) is 32.4 Å². The van der Waals surface area contributed by atoms with Gasteiger partial charge >= 0.3 is 0 Å². The molecule has 0 radical (unpaired) electrons. The molecular formula is C24H30N4O4. The number of methoxy groups -OCH3 is 1. The van der Waals surface area contributed by atoms with Gasteiger partial charge in [0.25, 0.3) is 0 Å². The quantitative estimate of drug-likeness (QED) is 0.657. The Kier molecular flexibility index (Phi) is 7.04. The van der Waals surface area contributed by atoms with Crippen LogP contribution in [0.5, 0.6) is 5.75 Å². The van der Waals surface area contributed by atoms with Crippen LogP contribution < -0.4 is 20.5 Å². The number of carbonyl (C=O) groups excluding carboxylic acids is 2. The first-order chi connectivity index (χ1) is 15.6. The lowest BCUT2D eigenvalue weighted by Gasteiger charge is -2.38. The number of anilines is 2. The first-order valence-corrected chi connectivity index (χ1v) is 11.0. The van der Waals surface area contributed by atoms with Crippen molar-refractivity contribution in [2.45, 2.75) is 13.0 Å². The summed E-state index contributed by atoms with van der Waals surface area (Å²) in [5, 5.41) is 4.61. The van der Waals surface area contributed by atoms with Crippen molar-refractivity contribution in [3.8, 4) is 5.75 Å². The molecule has 170 valence electrons. The highest BCUT2D eigenvalue weighted by atomic mass is 16.5. The topological polar surface area (TPSA) is 83.1 Å². The van der Waals surface area contributed by atoms with Crippen molar-refractivity contribution < 1.29 is 19.1 Å². The molecule has 2 aromatic carbocycles. The summed E-state index contributed by atoms with van der Waals surface area (Å²) in [5.41, 5.74) is 4.80. The molecule has 8 nitrogen and oxygen atoms in total. The maximum absolute atomic E-state index is 13.3. The summed E-state index contributed by atoms with van der Waals surface area (Å²) >= 11 is 0. The summed E-state index contributed by atoms with van der Waals surface area (Å²) in [6.07, 6.45) is 0. The maximum Gasteiger partial charge on any atom is 0.247 e. The Morgan fingerprint density at radius 1 is 1.12 bits per heavy atom. The predicted octanol–water partition coefficient (Wildman–Crippen LogP) is 2.14. The van der Waals surface area contributed by atoms with E-state index in [0.29, 0.717) is 38.5 Å². The number of carbonyl (C=O) groups is 2. The fraction of sp³-hybridized carbons (Fsp3) is 0.417. The predicted molar refractivity (Wildman–Crippen MR) is 122 cm³/mol. The minimum atomic E-state index is -0.394. The van der Waals surface area contributed by atoms with Gasteiger partial charge in [0.1, 0.15) is 5.75 Å². The standard InChI is InChI=1S/C24H30N4O4/c1-3-32-19-11-9-17(10-12-19)25-23(29)20-15-27(13-14-31-2)16-21-22(20)26-28(24(21)30)18-7-5-4-6-8-18/h4-12,20-22,26H,3,13-16H2,1-2H3,(H,25,29). The number of rotatable bonds is 8.